The average molecular weight is 423 g/mol. The summed E-state index contributed by atoms with van der Waals surface area (Å²) >= 11 is 0. The Labute approximate surface area is 168 Å². The third kappa shape index (κ3) is 4.22. The number of anilines is 1. The Bertz CT molecular complexity index is 1010. The second kappa shape index (κ2) is 7.55. The number of likely N-dealkylation sites (tertiary alicyclic amines) is 1. The quantitative estimate of drug-likeness (QED) is 0.790. The topological polar surface area (TPSA) is 70.7 Å². The van der Waals surface area contributed by atoms with Crippen LogP contribution in [0.15, 0.2) is 47.4 Å². The molecule has 2 aliphatic rings. The number of halogens is 2. The number of piperidine rings is 1. The number of benzene rings is 2. The number of aryl methyl sites for hydroxylation is 1. The lowest BCUT2D eigenvalue weighted by Gasteiger charge is -2.45. The maximum Gasteiger partial charge on any atom is 0.387 e. The summed E-state index contributed by atoms with van der Waals surface area (Å²) < 4.78 is 58.2. The molecule has 9 heteroatoms. The molecule has 0 saturated carbocycles. The van der Waals surface area contributed by atoms with Gasteiger partial charge in [0.05, 0.1) is 5.69 Å². The Morgan fingerprint density at radius 1 is 1.17 bits per heavy atom. The summed E-state index contributed by atoms with van der Waals surface area (Å²) in [5, 5.41) is 3.38. The number of sulfonamides is 1. The van der Waals surface area contributed by atoms with Crippen molar-refractivity contribution in [3.63, 3.8) is 0 Å². The molecule has 2 aromatic rings. The highest BCUT2D eigenvalue weighted by molar-refractivity contribution is 7.89. The molecule has 1 fully saturated rings. The van der Waals surface area contributed by atoms with E-state index in [0.29, 0.717) is 43.7 Å². The van der Waals surface area contributed by atoms with E-state index in [1.165, 1.54) is 6.07 Å². The van der Waals surface area contributed by atoms with Gasteiger partial charge in [-0.2, -0.15) is 13.5 Å². The molecule has 0 aliphatic carbocycles. The minimum atomic E-state index is -3.60. The van der Waals surface area contributed by atoms with Crippen molar-refractivity contribution in [2.45, 2.75) is 43.5 Å². The zero-order chi connectivity index (χ0) is 20.6. The Hall–Kier alpha value is -2.23. The Balaban J connectivity index is 1.47. The van der Waals surface area contributed by atoms with Crippen LogP contribution in [0.2, 0.25) is 0 Å². The lowest BCUT2D eigenvalue weighted by atomic mass is 9.96. The van der Waals surface area contributed by atoms with Crippen molar-refractivity contribution in [1.29, 1.82) is 0 Å². The molecule has 2 N–H and O–H groups in total. The minimum absolute atomic E-state index is 0.170. The summed E-state index contributed by atoms with van der Waals surface area (Å²) in [6, 6.07) is 12.1. The van der Waals surface area contributed by atoms with Crippen molar-refractivity contribution >= 4 is 15.7 Å². The fraction of sp³-hybridized carbons (Fsp3) is 0.400. The van der Waals surface area contributed by atoms with E-state index in [4.69, 9.17) is 0 Å². The molecule has 156 valence electrons. The van der Waals surface area contributed by atoms with E-state index in [0.717, 1.165) is 5.56 Å². The number of nitrogens with zero attached hydrogens (tertiary/aromatic N) is 1. The highest BCUT2D eigenvalue weighted by Crippen LogP contribution is 2.36. The second-order valence-electron chi connectivity index (χ2n) is 7.57. The molecular formula is C20H23F2N3O3S. The number of ether oxygens (including phenoxy) is 1. The standard InChI is InChI=1S/C20H23F2N3O3S/c1-14-6-7-16-18(12-14)29(26,27)24-20(23-16)8-10-25(11-9-20)13-15-4-2-3-5-17(15)28-19(21)22/h2-7,12,19,23-24H,8-11,13H2,1H3. The monoisotopic (exact) mass is 423 g/mol. The Morgan fingerprint density at radius 2 is 1.90 bits per heavy atom. The molecule has 6 nitrogen and oxygen atoms in total. The van der Waals surface area contributed by atoms with Crippen molar-refractivity contribution in [3.05, 3.63) is 53.6 Å². The van der Waals surface area contributed by atoms with Crippen molar-refractivity contribution < 1.29 is 21.9 Å². The average Bonchev–Trinajstić information content (AvgIpc) is 2.65. The van der Waals surface area contributed by atoms with Crippen molar-refractivity contribution in [2.75, 3.05) is 18.4 Å². The fourth-order valence-electron chi connectivity index (χ4n) is 3.96. The molecule has 0 aromatic heterocycles. The molecule has 2 heterocycles. The van der Waals surface area contributed by atoms with Crippen LogP contribution in [-0.2, 0) is 16.6 Å². The van der Waals surface area contributed by atoms with Gasteiger partial charge in [-0.05, 0) is 43.5 Å². The molecule has 2 aliphatic heterocycles. The van der Waals surface area contributed by atoms with Crippen LogP contribution >= 0.6 is 0 Å². The predicted octanol–water partition coefficient (Wildman–Crippen LogP) is 3.29. The van der Waals surface area contributed by atoms with Crippen LogP contribution in [0, 0.1) is 6.92 Å². The molecule has 1 spiro atoms. The maximum atomic E-state index is 12.8. The third-order valence-electron chi connectivity index (χ3n) is 5.42. The summed E-state index contributed by atoms with van der Waals surface area (Å²) in [5.74, 6) is 0.170. The smallest absolute Gasteiger partial charge is 0.387 e. The summed E-state index contributed by atoms with van der Waals surface area (Å²) in [5.41, 5.74) is 1.43. The van der Waals surface area contributed by atoms with Gasteiger partial charge in [-0.15, -0.1) is 0 Å². The van der Waals surface area contributed by atoms with Crippen LogP contribution in [0.25, 0.3) is 0 Å². The molecule has 0 amide bonds. The van der Waals surface area contributed by atoms with Crippen LogP contribution in [-0.4, -0.2) is 38.7 Å². The van der Waals surface area contributed by atoms with Gasteiger partial charge in [0.15, 0.2) is 0 Å². The number of hydrogen-bond acceptors (Lipinski definition) is 5. The van der Waals surface area contributed by atoms with E-state index < -0.39 is 22.3 Å². The molecule has 1 saturated heterocycles. The van der Waals surface area contributed by atoms with E-state index in [2.05, 4.69) is 19.7 Å². The van der Waals surface area contributed by atoms with E-state index >= 15 is 0 Å². The molecule has 29 heavy (non-hydrogen) atoms. The SMILES string of the molecule is Cc1ccc2c(c1)S(=O)(=O)NC1(CCN(Cc3ccccc3OC(F)F)CC1)N2. The summed E-state index contributed by atoms with van der Waals surface area (Å²) in [6.45, 7) is 0.667. The fourth-order valence-corrected chi connectivity index (χ4v) is 5.59. The van der Waals surface area contributed by atoms with Crippen molar-refractivity contribution in [1.82, 2.24) is 9.62 Å². The minimum Gasteiger partial charge on any atom is -0.434 e. The zero-order valence-electron chi connectivity index (χ0n) is 16.0. The van der Waals surface area contributed by atoms with Gasteiger partial charge in [-0.25, -0.2) is 8.42 Å². The molecule has 0 atom stereocenters. The van der Waals surface area contributed by atoms with Gasteiger partial charge in [0.2, 0.25) is 10.0 Å². The Morgan fingerprint density at radius 3 is 2.62 bits per heavy atom. The number of para-hydroxylation sites is 1. The van der Waals surface area contributed by atoms with Gasteiger partial charge >= 0.3 is 6.61 Å². The normalized spacial score (nSPS) is 20.3. The van der Waals surface area contributed by atoms with E-state index in [-0.39, 0.29) is 10.6 Å². The van der Waals surface area contributed by atoms with Gasteiger partial charge in [0.25, 0.3) is 0 Å². The number of fused-ring (bicyclic) bond motifs is 1. The maximum absolute atomic E-state index is 12.8. The van der Waals surface area contributed by atoms with Gasteiger partial charge in [-0.3, -0.25) is 4.90 Å². The van der Waals surface area contributed by atoms with Crippen molar-refractivity contribution in [3.8, 4) is 5.75 Å². The second-order valence-corrected chi connectivity index (χ2v) is 9.23. The van der Waals surface area contributed by atoms with Gasteiger partial charge < -0.3 is 10.1 Å². The first-order valence-corrected chi connectivity index (χ1v) is 10.9. The summed E-state index contributed by atoms with van der Waals surface area (Å²) in [4.78, 5) is 2.38. The highest BCUT2D eigenvalue weighted by atomic mass is 32.2. The van der Waals surface area contributed by atoms with Crippen LogP contribution in [0.1, 0.15) is 24.0 Å². The highest BCUT2D eigenvalue weighted by Gasteiger charge is 2.43. The molecule has 0 unspecified atom stereocenters. The van der Waals surface area contributed by atoms with Gasteiger partial charge in [0.1, 0.15) is 16.3 Å². The lowest BCUT2D eigenvalue weighted by Crippen LogP contribution is -2.61. The number of alkyl halides is 2. The zero-order valence-corrected chi connectivity index (χ0v) is 16.8. The predicted molar refractivity (Wildman–Crippen MR) is 105 cm³/mol. The number of nitrogens with one attached hydrogen (secondary N) is 2. The van der Waals surface area contributed by atoms with Gasteiger partial charge in [-0.1, -0.05) is 24.3 Å². The van der Waals surface area contributed by atoms with Crippen LogP contribution in [0.3, 0.4) is 0 Å². The number of rotatable bonds is 4. The van der Waals surface area contributed by atoms with E-state index in [1.54, 1.807) is 30.3 Å². The molecule has 4 rings (SSSR count). The van der Waals surface area contributed by atoms with Crippen LogP contribution in [0.5, 0.6) is 5.75 Å². The third-order valence-corrected chi connectivity index (χ3v) is 7.00. The Kier molecular flexibility index (Phi) is 5.22. The van der Waals surface area contributed by atoms with Crippen LogP contribution < -0.4 is 14.8 Å². The largest absolute Gasteiger partial charge is 0.434 e. The molecular weight excluding hydrogens is 400 g/mol. The first-order valence-electron chi connectivity index (χ1n) is 9.44. The summed E-state index contributed by atoms with van der Waals surface area (Å²) in [6.07, 6.45) is 1.11. The molecule has 0 bridgehead atoms. The number of hydrogen-bond donors (Lipinski definition) is 2. The molecule has 2 aromatic carbocycles. The van der Waals surface area contributed by atoms with E-state index in [1.807, 2.05) is 13.0 Å². The first-order chi connectivity index (χ1) is 13.8. The first kappa shape index (κ1) is 20.1. The van der Waals surface area contributed by atoms with Crippen LogP contribution in [0.4, 0.5) is 14.5 Å². The lowest BCUT2D eigenvalue weighted by molar-refractivity contribution is -0.0508. The van der Waals surface area contributed by atoms with Crippen molar-refractivity contribution in [2.24, 2.45) is 0 Å². The molecule has 0 radical (unpaired) electrons. The summed E-state index contributed by atoms with van der Waals surface area (Å²) in [7, 11) is -3.60. The van der Waals surface area contributed by atoms with E-state index in [9.17, 15) is 17.2 Å². The van der Waals surface area contributed by atoms with Gasteiger partial charge in [0, 0.05) is 25.2 Å².